The number of nitrogens with two attached hydrogens (primary N) is 1. The number of pyridine rings is 1. The Hall–Kier alpha value is -2.32. The molecule has 3 N–H and O–H groups in total. The molecule has 1 heterocycles. The van der Waals surface area contributed by atoms with Crippen molar-refractivity contribution >= 4 is 34.9 Å². The van der Waals surface area contributed by atoms with Crippen LogP contribution in [-0.4, -0.2) is 21.0 Å². The molecule has 0 atom stereocenters. The first kappa shape index (κ1) is 15.1. The second kappa shape index (κ2) is 6.42. The number of nitro groups is 1. The van der Waals surface area contributed by atoms with Gasteiger partial charge in [-0.3, -0.25) is 10.1 Å². The number of aromatic nitrogens is 1. The lowest BCUT2D eigenvalue weighted by molar-refractivity contribution is -0.385. The van der Waals surface area contributed by atoms with Gasteiger partial charge in [-0.25, -0.2) is 4.98 Å². The Kier molecular flexibility index (Phi) is 4.61. The number of halogens is 1. The highest BCUT2D eigenvalue weighted by Gasteiger charge is 2.16. The van der Waals surface area contributed by atoms with Crippen molar-refractivity contribution in [3.05, 3.63) is 57.2 Å². The lowest BCUT2D eigenvalue weighted by atomic mass is 10.2. The van der Waals surface area contributed by atoms with E-state index in [0.717, 1.165) is 11.1 Å². The van der Waals surface area contributed by atoms with Crippen molar-refractivity contribution in [1.29, 1.82) is 0 Å². The molecule has 7 nitrogen and oxygen atoms in total. The number of oxime groups is 1. The van der Waals surface area contributed by atoms with Gasteiger partial charge in [0.05, 0.1) is 10.5 Å². The van der Waals surface area contributed by atoms with Gasteiger partial charge in [0.25, 0.3) is 5.69 Å². The van der Waals surface area contributed by atoms with Gasteiger partial charge in [0, 0.05) is 16.0 Å². The van der Waals surface area contributed by atoms with Gasteiger partial charge in [0.2, 0.25) is 0 Å². The standard InChI is InChI=1S/C12H9ClN4O3S/c13-7-2-1-3-9(4-7)21-12-10(11(14)16-18)5-8(6-15-12)17(19)20/h1-6,18H,(H2,14,16). The van der Waals surface area contributed by atoms with Crippen molar-refractivity contribution in [1.82, 2.24) is 4.98 Å². The van der Waals surface area contributed by atoms with Gasteiger partial charge in [0.15, 0.2) is 5.84 Å². The Morgan fingerprint density at radius 2 is 2.24 bits per heavy atom. The fourth-order valence-electron chi connectivity index (χ4n) is 1.50. The molecule has 0 saturated heterocycles. The predicted octanol–water partition coefficient (Wildman–Crippen LogP) is 2.89. The molecular weight excluding hydrogens is 316 g/mol. The quantitative estimate of drug-likeness (QED) is 0.294. The summed E-state index contributed by atoms with van der Waals surface area (Å²) >= 11 is 7.10. The first-order chi connectivity index (χ1) is 10.0. The molecule has 0 aliphatic rings. The van der Waals surface area contributed by atoms with Gasteiger partial charge in [-0.05, 0) is 18.2 Å². The summed E-state index contributed by atoms with van der Waals surface area (Å²) in [4.78, 5) is 14.9. The van der Waals surface area contributed by atoms with Crippen LogP contribution in [0.2, 0.25) is 5.02 Å². The number of rotatable bonds is 4. The van der Waals surface area contributed by atoms with E-state index < -0.39 is 4.92 Å². The van der Waals surface area contributed by atoms with E-state index in [1.807, 2.05) is 0 Å². The van der Waals surface area contributed by atoms with E-state index in [4.69, 9.17) is 22.5 Å². The molecule has 9 heteroatoms. The minimum Gasteiger partial charge on any atom is -0.409 e. The van der Waals surface area contributed by atoms with Crippen LogP contribution in [0.1, 0.15) is 5.56 Å². The van der Waals surface area contributed by atoms with E-state index >= 15 is 0 Å². The Labute approximate surface area is 128 Å². The maximum absolute atomic E-state index is 10.8. The Bertz CT molecular complexity index is 723. The van der Waals surface area contributed by atoms with Crippen LogP contribution in [-0.2, 0) is 0 Å². The third-order valence-corrected chi connectivity index (χ3v) is 3.69. The van der Waals surface area contributed by atoms with Crippen molar-refractivity contribution in [2.45, 2.75) is 9.92 Å². The molecule has 1 aromatic heterocycles. The summed E-state index contributed by atoms with van der Waals surface area (Å²) in [5.74, 6) is -0.254. The van der Waals surface area contributed by atoms with Gasteiger partial charge in [-0.2, -0.15) is 0 Å². The van der Waals surface area contributed by atoms with Crippen LogP contribution in [0.3, 0.4) is 0 Å². The summed E-state index contributed by atoms with van der Waals surface area (Å²) < 4.78 is 0. The minimum atomic E-state index is -0.602. The lowest BCUT2D eigenvalue weighted by Crippen LogP contribution is -2.15. The van der Waals surface area contributed by atoms with Crippen LogP contribution in [0.5, 0.6) is 0 Å². The summed E-state index contributed by atoms with van der Waals surface area (Å²) in [5.41, 5.74) is 5.48. The molecular formula is C12H9ClN4O3S. The Morgan fingerprint density at radius 1 is 1.48 bits per heavy atom. The van der Waals surface area contributed by atoms with Crippen LogP contribution in [0, 0.1) is 10.1 Å². The van der Waals surface area contributed by atoms with Gasteiger partial charge in [-0.15, -0.1) is 0 Å². The topological polar surface area (TPSA) is 115 Å². The SMILES string of the molecule is NC(=NO)c1cc([N+](=O)[O-])cnc1Sc1cccc(Cl)c1. The van der Waals surface area contributed by atoms with Crippen LogP contribution < -0.4 is 5.73 Å². The zero-order chi connectivity index (χ0) is 15.4. The van der Waals surface area contributed by atoms with Crippen molar-refractivity contribution in [2.75, 3.05) is 0 Å². The van der Waals surface area contributed by atoms with E-state index in [1.54, 1.807) is 24.3 Å². The van der Waals surface area contributed by atoms with Gasteiger partial charge < -0.3 is 10.9 Å². The average molecular weight is 325 g/mol. The van der Waals surface area contributed by atoms with Crippen LogP contribution >= 0.6 is 23.4 Å². The van der Waals surface area contributed by atoms with Crippen LogP contribution in [0.4, 0.5) is 5.69 Å². The van der Waals surface area contributed by atoms with E-state index in [0.29, 0.717) is 10.0 Å². The molecule has 0 radical (unpaired) electrons. The summed E-state index contributed by atoms with van der Waals surface area (Å²) in [6.07, 6.45) is 1.11. The smallest absolute Gasteiger partial charge is 0.288 e. The van der Waals surface area contributed by atoms with Crippen LogP contribution in [0.15, 0.2) is 51.6 Å². The molecule has 2 aromatic rings. The minimum absolute atomic E-state index is 0.177. The van der Waals surface area contributed by atoms with Crippen molar-refractivity contribution in [3.63, 3.8) is 0 Å². The van der Waals surface area contributed by atoms with E-state index in [2.05, 4.69) is 10.1 Å². The molecule has 0 saturated carbocycles. The average Bonchev–Trinajstić information content (AvgIpc) is 2.46. The number of hydrogen-bond acceptors (Lipinski definition) is 6. The molecule has 108 valence electrons. The predicted molar refractivity (Wildman–Crippen MR) is 79.0 cm³/mol. The third kappa shape index (κ3) is 3.61. The highest BCUT2D eigenvalue weighted by molar-refractivity contribution is 7.99. The Morgan fingerprint density at radius 3 is 2.86 bits per heavy atom. The molecule has 0 aliphatic heterocycles. The maximum atomic E-state index is 10.8. The molecule has 0 unspecified atom stereocenters. The monoisotopic (exact) mass is 324 g/mol. The molecule has 0 spiro atoms. The summed E-state index contributed by atoms with van der Waals surface area (Å²) in [5, 5.41) is 23.4. The fourth-order valence-corrected chi connectivity index (χ4v) is 2.69. The first-order valence-corrected chi connectivity index (χ1v) is 6.76. The fraction of sp³-hybridized carbons (Fsp3) is 0. The summed E-state index contributed by atoms with van der Waals surface area (Å²) in [6.45, 7) is 0. The number of benzene rings is 1. The largest absolute Gasteiger partial charge is 0.409 e. The molecule has 0 bridgehead atoms. The molecule has 0 amide bonds. The number of nitrogens with zero attached hydrogens (tertiary/aromatic N) is 3. The molecule has 0 aliphatic carbocycles. The first-order valence-electron chi connectivity index (χ1n) is 5.57. The lowest BCUT2D eigenvalue weighted by Gasteiger charge is -2.07. The molecule has 21 heavy (non-hydrogen) atoms. The number of hydrogen-bond donors (Lipinski definition) is 2. The molecule has 0 fully saturated rings. The maximum Gasteiger partial charge on any atom is 0.288 e. The van der Waals surface area contributed by atoms with Crippen molar-refractivity contribution in [3.8, 4) is 0 Å². The van der Waals surface area contributed by atoms with E-state index in [-0.39, 0.29) is 17.1 Å². The third-order valence-electron chi connectivity index (χ3n) is 2.44. The van der Waals surface area contributed by atoms with Crippen molar-refractivity contribution < 1.29 is 10.1 Å². The van der Waals surface area contributed by atoms with Crippen molar-refractivity contribution in [2.24, 2.45) is 10.9 Å². The highest BCUT2D eigenvalue weighted by Crippen LogP contribution is 2.31. The molecule has 2 rings (SSSR count). The van der Waals surface area contributed by atoms with E-state index in [9.17, 15) is 10.1 Å². The highest BCUT2D eigenvalue weighted by atomic mass is 35.5. The normalized spacial score (nSPS) is 11.4. The van der Waals surface area contributed by atoms with Gasteiger partial charge in [0.1, 0.15) is 11.2 Å². The van der Waals surface area contributed by atoms with E-state index in [1.165, 1.54) is 17.8 Å². The van der Waals surface area contributed by atoms with Gasteiger partial charge >= 0.3 is 0 Å². The summed E-state index contributed by atoms with van der Waals surface area (Å²) in [7, 11) is 0. The summed E-state index contributed by atoms with van der Waals surface area (Å²) in [6, 6.07) is 8.20. The second-order valence-electron chi connectivity index (χ2n) is 3.85. The zero-order valence-corrected chi connectivity index (χ0v) is 12.0. The Balaban J connectivity index is 2.45. The zero-order valence-electron chi connectivity index (χ0n) is 10.4. The number of amidine groups is 1. The molecule has 1 aromatic carbocycles. The van der Waals surface area contributed by atoms with Crippen LogP contribution in [0.25, 0.3) is 0 Å². The van der Waals surface area contributed by atoms with Gasteiger partial charge in [-0.1, -0.05) is 34.6 Å². The second-order valence-corrected chi connectivity index (χ2v) is 5.35.